The number of ether oxygens (including phenoxy) is 1. The zero-order valence-corrected chi connectivity index (χ0v) is 9.59. The number of esters is 1. The molecule has 0 amide bonds. The molecule has 0 aromatic carbocycles. The molecule has 15 heavy (non-hydrogen) atoms. The summed E-state index contributed by atoms with van der Waals surface area (Å²) in [7, 11) is 1.01. The number of carbonyl (C=O) groups is 1. The number of rotatable bonds is 2. The Morgan fingerprint density at radius 1 is 1.60 bits per heavy atom. The Bertz CT molecular complexity index is 398. The summed E-state index contributed by atoms with van der Waals surface area (Å²) in [5.74, 6) is -2.22. The fourth-order valence-electron chi connectivity index (χ4n) is 0.939. The minimum atomic E-state index is -3.11. The van der Waals surface area contributed by atoms with Gasteiger partial charge in [-0.15, -0.1) is 0 Å². The van der Waals surface area contributed by atoms with Gasteiger partial charge in [0, 0.05) is 6.20 Å². The Labute approximate surface area is 96.8 Å². The summed E-state index contributed by atoms with van der Waals surface area (Å²) in [6.45, 7) is 0. The molecule has 82 valence electrons. The van der Waals surface area contributed by atoms with Crippen LogP contribution in [-0.4, -0.2) is 18.1 Å². The van der Waals surface area contributed by atoms with Crippen LogP contribution in [-0.2, 0) is 4.74 Å². The van der Waals surface area contributed by atoms with E-state index in [0.29, 0.717) is 0 Å². The first kappa shape index (κ1) is 12.2. The molecule has 3 nitrogen and oxygen atoms in total. The molecule has 0 N–H and O–H groups in total. The summed E-state index contributed by atoms with van der Waals surface area (Å²) < 4.78 is 42.4. The van der Waals surface area contributed by atoms with Crippen LogP contribution in [0, 0.1) is 9.39 Å². The molecular formula is C8H5F3INO2. The molecule has 0 spiro atoms. The number of alkyl halides is 2. The van der Waals surface area contributed by atoms with Gasteiger partial charge >= 0.3 is 5.97 Å². The Morgan fingerprint density at radius 3 is 2.67 bits per heavy atom. The molecule has 1 rings (SSSR count). The third-order valence-electron chi connectivity index (χ3n) is 1.61. The largest absolute Gasteiger partial charge is 0.464 e. The number of halogens is 4. The highest BCUT2D eigenvalue weighted by Gasteiger charge is 2.26. The van der Waals surface area contributed by atoms with Crippen molar-refractivity contribution in [3.8, 4) is 0 Å². The van der Waals surface area contributed by atoms with Crippen LogP contribution >= 0.6 is 22.6 Å². The fourth-order valence-corrected chi connectivity index (χ4v) is 1.37. The van der Waals surface area contributed by atoms with E-state index in [4.69, 9.17) is 0 Å². The molecule has 7 heteroatoms. The lowest BCUT2D eigenvalue weighted by atomic mass is 10.2. The lowest BCUT2D eigenvalue weighted by molar-refractivity contribution is 0.0579. The lowest BCUT2D eigenvalue weighted by Gasteiger charge is -2.07. The molecule has 0 aliphatic carbocycles. The Balaban J connectivity index is 3.40. The summed E-state index contributed by atoms with van der Waals surface area (Å²) >= 11 is 1.51. The van der Waals surface area contributed by atoms with Gasteiger partial charge < -0.3 is 4.74 Å². The van der Waals surface area contributed by atoms with Crippen molar-refractivity contribution in [2.45, 2.75) is 6.43 Å². The average Bonchev–Trinajstić information content (AvgIpc) is 2.20. The van der Waals surface area contributed by atoms with Crippen molar-refractivity contribution in [1.29, 1.82) is 0 Å². The van der Waals surface area contributed by atoms with E-state index in [-0.39, 0.29) is 3.57 Å². The Hall–Kier alpha value is -0.860. The standard InChI is InChI=1S/C8H5F3INO2/c1-15-8(14)6-4(7(10)11)5(9)3(12)2-13-6/h2,7H,1H3. The van der Waals surface area contributed by atoms with Crippen molar-refractivity contribution in [1.82, 2.24) is 4.98 Å². The number of hydrogen-bond acceptors (Lipinski definition) is 3. The van der Waals surface area contributed by atoms with E-state index in [1.165, 1.54) is 22.6 Å². The van der Waals surface area contributed by atoms with Crippen molar-refractivity contribution < 1.29 is 22.7 Å². The number of aromatic nitrogens is 1. The van der Waals surface area contributed by atoms with Gasteiger partial charge in [-0.25, -0.2) is 22.9 Å². The minimum Gasteiger partial charge on any atom is -0.464 e. The van der Waals surface area contributed by atoms with Crippen LogP contribution in [0.1, 0.15) is 22.5 Å². The normalized spacial score (nSPS) is 10.5. The van der Waals surface area contributed by atoms with Gasteiger partial charge in [0.25, 0.3) is 6.43 Å². The summed E-state index contributed by atoms with van der Waals surface area (Å²) in [6, 6.07) is 0. The molecule has 0 atom stereocenters. The van der Waals surface area contributed by atoms with Crippen molar-refractivity contribution in [3.05, 3.63) is 26.8 Å². The van der Waals surface area contributed by atoms with Crippen LogP contribution in [0.3, 0.4) is 0 Å². The zero-order valence-electron chi connectivity index (χ0n) is 7.43. The lowest BCUT2D eigenvalue weighted by Crippen LogP contribution is -2.12. The molecule has 1 aromatic rings. The van der Waals surface area contributed by atoms with E-state index in [0.717, 1.165) is 13.3 Å². The summed E-state index contributed by atoms with van der Waals surface area (Å²) in [5, 5.41) is 0. The van der Waals surface area contributed by atoms with E-state index in [1.807, 2.05) is 0 Å². The molecule has 0 saturated heterocycles. The zero-order chi connectivity index (χ0) is 11.6. The van der Waals surface area contributed by atoms with Crippen LogP contribution in [0.15, 0.2) is 6.20 Å². The van der Waals surface area contributed by atoms with Crippen LogP contribution in [0.2, 0.25) is 0 Å². The SMILES string of the molecule is COC(=O)c1ncc(I)c(F)c1C(F)F. The first-order valence-corrected chi connectivity index (χ1v) is 4.77. The topological polar surface area (TPSA) is 39.2 Å². The maximum absolute atomic E-state index is 13.3. The maximum Gasteiger partial charge on any atom is 0.357 e. The van der Waals surface area contributed by atoms with Gasteiger partial charge in [0.1, 0.15) is 5.82 Å². The average molecular weight is 331 g/mol. The van der Waals surface area contributed by atoms with E-state index in [1.54, 1.807) is 0 Å². The molecule has 0 aliphatic heterocycles. The molecule has 0 fully saturated rings. The van der Waals surface area contributed by atoms with Gasteiger partial charge in [0.15, 0.2) is 5.69 Å². The number of nitrogens with zero attached hydrogens (tertiary/aromatic N) is 1. The second kappa shape index (κ2) is 4.77. The molecule has 1 heterocycles. The monoisotopic (exact) mass is 331 g/mol. The predicted octanol–water partition coefficient (Wildman–Crippen LogP) is 2.55. The van der Waals surface area contributed by atoms with Gasteiger partial charge in [0.05, 0.1) is 16.2 Å². The van der Waals surface area contributed by atoms with Crippen LogP contribution < -0.4 is 0 Å². The number of pyridine rings is 1. The van der Waals surface area contributed by atoms with Crippen LogP contribution in [0.25, 0.3) is 0 Å². The Kier molecular flexibility index (Phi) is 3.89. The highest BCUT2D eigenvalue weighted by Crippen LogP contribution is 2.27. The van der Waals surface area contributed by atoms with Crippen molar-refractivity contribution in [3.63, 3.8) is 0 Å². The summed E-state index contributed by atoms with van der Waals surface area (Å²) in [4.78, 5) is 14.4. The smallest absolute Gasteiger partial charge is 0.357 e. The number of hydrogen-bond donors (Lipinski definition) is 0. The first-order valence-electron chi connectivity index (χ1n) is 3.69. The second-order valence-corrected chi connectivity index (χ2v) is 3.64. The molecule has 0 saturated carbocycles. The van der Waals surface area contributed by atoms with E-state index < -0.39 is 29.5 Å². The summed E-state index contributed by atoms with van der Waals surface area (Å²) in [5.41, 5.74) is -1.71. The van der Waals surface area contributed by atoms with Crippen LogP contribution in [0.5, 0.6) is 0 Å². The maximum atomic E-state index is 13.3. The third kappa shape index (κ3) is 2.39. The first-order chi connectivity index (χ1) is 6.99. The third-order valence-corrected chi connectivity index (χ3v) is 2.36. The van der Waals surface area contributed by atoms with E-state index in [2.05, 4.69) is 9.72 Å². The van der Waals surface area contributed by atoms with E-state index in [9.17, 15) is 18.0 Å². The van der Waals surface area contributed by atoms with Gasteiger partial charge in [-0.3, -0.25) is 0 Å². The van der Waals surface area contributed by atoms with Gasteiger partial charge in [-0.05, 0) is 22.6 Å². The highest BCUT2D eigenvalue weighted by atomic mass is 127. The Morgan fingerprint density at radius 2 is 2.20 bits per heavy atom. The van der Waals surface area contributed by atoms with Gasteiger partial charge in [-0.1, -0.05) is 0 Å². The fraction of sp³-hybridized carbons (Fsp3) is 0.250. The summed E-state index contributed by atoms with van der Waals surface area (Å²) in [6.07, 6.45) is -2.12. The van der Waals surface area contributed by atoms with Crippen molar-refractivity contribution >= 4 is 28.6 Å². The van der Waals surface area contributed by atoms with Crippen molar-refractivity contribution in [2.24, 2.45) is 0 Å². The van der Waals surface area contributed by atoms with Crippen molar-refractivity contribution in [2.75, 3.05) is 7.11 Å². The number of carbonyl (C=O) groups excluding carboxylic acids is 1. The second-order valence-electron chi connectivity index (χ2n) is 2.47. The van der Waals surface area contributed by atoms with Gasteiger partial charge in [0.2, 0.25) is 0 Å². The molecule has 0 bridgehead atoms. The molecular weight excluding hydrogens is 326 g/mol. The molecule has 0 radical (unpaired) electrons. The number of methoxy groups -OCH3 is 1. The van der Waals surface area contributed by atoms with E-state index >= 15 is 0 Å². The van der Waals surface area contributed by atoms with Crippen LogP contribution in [0.4, 0.5) is 13.2 Å². The van der Waals surface area contributed by atoms with Gasteiger partial charge in [-0.2, -0.15) is 0 Å². The minimum absolute atomic E-state index is 0.0736. The molecule has 1 aromatic heterocycles. The predicted molar refractivity (Wildman–Crippen MR) is 53.2 cm³/mol. The highest BCUT2D eigenvalue weighted by molar-refractivity contribution is 14.1. The quantitative estimate of drug-likeness (QED) is 0.618. The molecule has 0 unspecified atom stereocenters. The molecule has 0 aliphatic rings.